The fraction of sp³-hybridized carbons (Fsp3) is 0.740. The fourth-order valence-electron chi connectivity index (χ4n) is 7.02. The van der Waals surface area contributed by atoms with Gasteiger partial charge >= 0.3 is 5.97 Å². The Morgan fingerprint density at radius 3 is 1.59 bits per heavy atom. The molecule has 0 saturated carbocycles. The Morgan fingerprint density at radius 1 is 0.531 bits per heavy atom. The third-order valence-electron chi connectivity index (χ3n) is 10.9. The van der Waals surface area contributed by atoms with Crippen molar-refractivity contribution in [2.24, 2.45) is 0 Å². The maximum atomic E-state index is 13.0. The summed E-state index contributed by atoms with van der Waals surface area (Å²) >= 11 is 0. The highest BCUT2D eigenvalue weighted by Gasteiger charge is 2.47. The highest BCUT2D eigenvalue weighted by molar-refractivity contribution is 5.69. The van der Waals surface area contributed by atoms with Crippen LogP contribution in [0.5, 0.6) is 0 Å². The van der Waals surface area contributed by atoms with E-state index in [1.54, 1.807) is 0 Å². The second-order valence-electron chi connectivity index (χ2n) is 16.5. The van der Waals surface area contributed by atoms with Gasteiger partial charge in [0.15, 0.2) is 12.6 Å². The third kappa shape index (κ3) is 25.4. The first-order chi connectivity index (χ1) is 31.1. The zero-order valence-electron chi connectivity index (χ0n) is 38.7. The third-order valence-corrected chi connectivity index (χ3v) is 10.9. The summed E-state index contributed by atoms with van der Waals surface area (Å²) in [6.45, 7) is 3.35. The molecule has 7 N–H and O–H groups in total. The van der Waals surface area contributed by atoms with E-state index in [0.29, 0.717) is 13.0 Å². The van der Waals surface area contributed by atoms with Gasteiger partial charge in [0.25, 0.3) is 0 Å². The average Bonchev–Trinajstić information content (AvgIpc) is 3.29. The van der Waals surface area contributed by atoms with Crippen molar-refractivity contribution in [2.45, 2.75) is 203 Å². The van der Waals surface area contributed by atoms with Crippen molar-refractivity contribution in [1.82, 2.24) is 0 Å². The van der Waals surface area contributed by atoms with Gasteiger partial charge in [0, 0.05) is 13.0 Å². The van der Waals surface area contributed by atoms with Crippen molar-refractivity contribution in [3.8, 4) is 0 Å². The summed E-state index contributed by atoms with van der Waals surface area (Å²) in [4.78, 5) is 13.0. The van der Waals surface area contributed by atoms with Crippen LogP contribution in [0.1, 0.15) is 136 Å². The molecular formula is C50H84O14. The number of ether oxygens (including phenoxy) is 6. The molecule has 368 valence electrons. The normalized spacial score (nSPS) is 27.4. The molecule has 0 amide bonds. The molecule has 14 nitrogen and oxygen atoms in total. The Kier molecular flexibility index (Phi) is 33.7. The summed E-state index contributed by atoms with van der Waals surface area (Å²) < 4.78 is 34.1. The van der Waals surface area contributed by atoms with Crippen LogP contribution in [-0.4, -0.2) is 142 Å². The summed E-state index contributed by atoms with van der Waals surface area (Å²) in [5, 5.41) is 72.0. The molecule has 2 saturated heterocycles. The van der Waals surface area contributed by atoms with E-state index < -0.39 is 86.7 Å². The Bertz CT molecular complexity index is 1330. The number of carbonyl (C=O) groups is 1. The van der Waals surface area contributed by atoms with E-state index in [1.165, 1.54) is 25.7 Å². The molecule has 0 aromatic heterocycles. The number of esters is 1. The van der Waals surface area contributed by atoms with E-state index in [0.717, 1.165) is 83.5 Å². The van der Waals surface area contributed by atoms with Gasteiger partial charge in [-0.2, -0.15) is 0 Å². The molecule has 0 bridgehead atoms. The van der Waals surface area contributed by atoms with Gasteiger partial charge in [0.1, 0.15) is 54.9 Å². The van der Waals surface area contributed by atoms with Crippen LogP contribution >= 0.6 is 0 Å². The van der Waals surface area contributed by atoms with Crippen LogP contribution in [0.4, 0.5) is 0 Å². The van der Waals surface area contributed by atoms with Gasteiger partial charge in [-0.1, -0.05) is 125 Å². The van der Waals surface area contributed by atoms with Crippen molar-refractivity contribution in [3.05, 3.63) is 72.9 Å². The van der Waals surface area contributed by atoms with Gasteiger partial charge < -0.3 is 64.2 Å². The van der Waals surface area contributed by atoms with E-state index in [-0.39, 0.29) is 19.6 Å². The molecule has 0 aromatic carbocycles. The first kappa shape index (κ1) is 57.6. The zero-order valence-corrected chi connectivity index (χ0v) is 38.7. The molecule has 0 aliphatic carbocycles. The summed E-state index contributed by atoms with van der Waals surface area (Å²) in [6.07, 6.45) is 28.4. The van der Waals surface area contributed by atoms with Crippen molar-refractivity contribution in [3.63, 3.8) is 0 Å². The molecule has 0 radical (unpaired) electrons. The van der Waals surface area contributed by atoms with Crippen LogP contribution in [0.15, 0.2) is 72.9 Å². The lowest BCUT2D eigenvalue weighted by Crippen LogP contribution is -2.61. The predicted molar refractivity (Wildman–Crippen MR) is 247 cm³/mol. The molecule has 14 heteroatoms. The first-order valence-electron chi connectivity index (χ1n) is 24.0. The van der Waals surface area contributed by atoms with Crippen molar-refractivity contribution >= 4 is 5.97 Å². The lowest BCUT2D eigenvalue weighted by Gasteiger charge is -2.42. The SMILES string of the molecule is CC/C=C\C/C=C\C/C=C\C/C=C\CCCOCC(COC1OC(COC2OC(CO)C(O)C(O)C2O)C(O)C(O)C1O)OC(=O)CCCCCCC/C=C\C/C=C\CCCCCC. The maximum absolute atomic E-state index is 13.0. The number of carbonyl (C=O) groups excluding carboxylic acids is 1. The smallest absolute Gasteiger partial charge is 0.306 e. The minimum Gasteiger partial charge on any atom is -0.457 e. The summed E-state index contributed by atoms with van der Waals surface area (Å²) in [7, 11) is 0. The van der Waals surface area contributed by atoms with Gasteiger partial charge in [0.2, 0.25) is 0 Å². The molecule has 2 heterocycles. The Morgan fingerprint density at radius 2 is 1.02 bits per heavy atom. The maximum Gasteiger partial charge on any atom is 0.306 e. The van der Waals surface area contributed by atoms with Crippen LogP contribution in [-0.2, 0) is 33.2 Å². The minimum atomic E-state index is -1.72. The van der Waals surface area contributed by atoms with Gasteiger partial charge in [-0.3, -0.25) is 4.79 Å². The molecule has 11 unspecified atom stereocenters. The minimum absolute atomic E-state index is 0.0137. The number of aliphatic hydroxyl groups is 7. The summed E-state index contributed by atoms with van der Waals surface area (Å²) in [5.74, 6) is -0.412. The van der Waals surface area contributed by atoms with Crippen molar-refractivity contribution in [1.29, 1.82) is 0 Å². The molecule has 2 aliphatic rings. The first-order valence-corrected chi connectivity index (χ1v) is 24.0. The van der Waals surface area contributed by atoms with Crippen LogP contribution in [0.25, 0.3) is 0 Å². The van der Waals surface area contributed by atoms with E-state index in [2.05, 4.69) is 86.8 Å². The summed E-state index contributed by atoms with van der Waals surface area (Å²) in [5.41, 5.74) is 0. The second-order valence-corrected chi connectivity index (χ2v) is 16.5. The molecule has 0 aromatic rings. The lowest BCUT2D eigenvalue weighted by molar-refractivity contribution is -0.332. The van der Waals surface area contributed by atoms with Gasteiger partial charge in [0.05, 0.1) is 26.4 Å². The predicted octanol–water partition coefficient (Wildman–Crippen LogP) is 6.34. The average molecular weight is 909 g/mol. The van der Waals surface area contributed by atoms with Crippen LogP contribution in [0.2, 0.25) is 0 Å². The Balaban J connectivity index is 1.83. The Labute approximate surface area is 383 Å². The number of rotatable bonds is 36. The number of allylic oxidation sites excluding steroid dienone is 12. The lowest BCUT2D eigenvalue weighted by atomic mass is 9.98. The second kappa shape index (κ2) is 37.5. The van der Waals surface area contributed by atoms with Crippen molar-refractivity contribution < 1.29 is 69.0 Å². The van der Waals surface area contributed by atoms with E-state index in [4.69, 9.17) is 28.4 Å². The highest BCUT2D eigenvalue weighted by atomic mass is 16.7. The number of hydrogen-bond donors (Lipinski definition) is 7. The van der Waals surface area contributed by atoms with E-state index in [9.17, 15) is 40.5 Å². The van der Waals surface area contributed by atoms with E-state index >= 15 is 0 Å². The molecule has 2 rings (SSSR count). The number of aliphatic hydroxyl groups excluding tert-OH is 7. The Hall–Kier alpha value is -2.57. The number of unbranched alkanes of at least 4 members (excludes halogenated alkanes) is 10. The molecule has 64 heavy (non-hydrogen) atoms. The molecule has 2 fully saturated rings. The number of hydrogen-bond acceptors (Lipinski definition) is 14. The highest BCUT2D eigenvalue weighted by Crippen LogP contribution is 2.26. The van der Waals surface area contributed by atoms with Crippen LogP contribution < -0.4 is 0 Å². The summed E-state index contributed by atoms with van der Waals surface area (Å²) in [6, 6.07) is 0. The molecule has 2 aliphatic heterocycles. The van der Waals surface area contributed by atoms with Gasteiger partial charge in [-0.15, -0.1) is 0 Å². The zero-order chi connectivity index (χ0) is 46.6. The van der Waals surface area contributed by atoms with Crippen LogP contribution in [0, 0.1) is 0 Å². The standard InChI is InChI=1S/C50H84O14/c1-3-5-7-9-11-13-15-17-19-20-21-23-25-27-29-31-33-42(52)62-39(36-59-34-32-30-28-26-24-22-18-16-14-12-10-8-6-4-2)37-60-49-48(58)46(56)44(54)41(64-49)38-61-50-47(57)45(55)43(53)40(35-51)63-50/h6,8,12-15,18-20,22,26,28,39-41,43-51,53-58H,3-5,7,9-11,16-17,21,23-25,27,29-38H2,1-2H3/b8-6-,14-12-,15-13-,20-19-,22-18-,28-26-. The monoisotopic (exact) mass is 909 g/mol. The topological polar surface area (TPSA) is 214 Å². The molecule has 11 atom stereocenters. The van der Waals surface area contributed by atoms with E-state index in [1.807, 2.05) is 0 Å². The molecule has 0 spiro atoms. The molecular weight excluding hydrogens is 825 g/mol. The quantitative estimate of drug-likeness (QED) is 0.0208. The fourth-order valence-corrected chi connectivity index (χ4v) is 7.02. The largest absolute Gasteiger partial charge is 0.457 e. The van der Waals surface area contributed by atoms with Gasteiger partial charge in [-0.25, -0.2) is 0 Å². The van der Waals surface area contributed by atoms with Crippen LogP contribution in [0.3, 0.4) is 0 Å². The van der Waals surface area contributed by atoms with Gasteiger partial charge in [-0.05, 0) is 77.0 Å². The van der Waals surface area contributed by atoms with Crippen molar-refractivity contribution in [2.75, 3.05) is 33.0 Å².